The summed E-state index contributed by atoms with van der Waals surface area (Å²) in [6.07, 6.45) is 3.01. The van der Waals surface area contributed by atoms with E-state index in [4.69, 9.17) is 0 Å². The van der Waals surface area contributed by atoms with Crippen LogP contribution in [-0.4, -0.2) is 44.4 Å². The van der Waals surface area contributed by atoms with Crippen LogP contribution in [0.2, 0.25) is 0 Å². The van der Waals surface area contributed by atoms with Crippen molar-refractivity contribution in [3.05, 3.63) is 82.0 Å². The van der Waals surface area contributed by atoms with Gasteiger partial charge >= 0.3 is 0 Å². The molecule has 1 saturated heterocycles. The van der Waals surface area contributed by atoms with Crippen LogP contribution in [0.15, 0.2) is 70.9 Å². The lowest BCUT2D eigenvalue weighted by molar-refractivity contribution is 0.0907. The van der Waals surface area contributed by atoms with Gasteiger partial charge in [0.2, 0.25) is 0 Å². The first-order valence-electron chi connectivity index (χ1n) is 12.2. The number of carbonyl (C=O) groups excluding carboxylic acids is 1. The van der Waals surface area contributed by atoms with Crippen LogP contribution in [0.5, 0.6) is 0 Å². The monoisotopic (exact) mass is 509 g/mol. The number of benzene rings is 2. The number of sulfonamides is 1. The average molecular weight is 510 g/mol. The Balaban J connectivity index is 1.38. The van der Waals surface area contributed by atoms with Crippen molar-refractivity contribution in [3.63, 3.8) is 0 Å². The first-order chi connectivity index (χ1) is 16.9. The maximum Gasteiger partial charge on any atom is 0.264 e. The van der Waals surface area contributed by atoms with Crippen molar-refractivity contribution >= 4 is 33.0 Å². The lowest BCUT2D eigenvalue weighted by Crippen LogP contribution is -2.43. The highest BCUT2D eigenvalue weighted by Gasteiger charge is 2.36. The van der Waals surface area contributed by atoms with E-state index in [0.717, 1.165) is 18.7 Å². The zero-order chi connectivity index (χ0) is 24.6. The maximum atomic E-state index is 13.6. The molecule has 3 heterocycles. The molecule has 2 aliphatic rings. The molecule has 8 heteroatoms. The lowest BCUT2D eigenvalue weighted by Gasteiger charge is -2.32. The number of likely N-dealkylation sites (tertiary alicyclic amines) is 1. The number of anilines is 1. The van der Waals surface area contributed by atoms with Crippen molar-refractivity contribution < 1.29 is 13.2 Å². The number of thiophene rings is 1. The smallest absolute Gasteiger partial charge is 0.264 e. The highest BCUT2D eigenvalue weighted by atomic mass is 32.2. The molecule has 35 heavy (non-hydrogen) atoms. The zero-order valence-corrected chi connectivity index (χ0v) is 21.7. The Labute approximate surface area is 211 Å². The molecule has 1 aromatic heterocycles. The van der Waals surface area contributed by atoms with E-state index in [1.165, 1.54) is 28.1 Å². The molecule has 3 atom stereocenters. The molecule has 184 valence electrons. The van der Waals surface area contributed by atoms with Crippen molar-refractivity contribution in [2.24, 2.45) is 0 Å². The summed E-state index contributed by atoms with van der Waals surface area (Å²) in [5.74, 6) is -0.259. The number of amides is 1. The second kappa shape index (κ2) is 9.76. The molecule has 2 aliphatic heterocycles. The minimum Gasteiger partial charge on any atom is -0.348 e. The SMILES string of the molecule is CC(NC(=O)c1cccc(S(=O)(=O)N2c3ccccc3CC2C)c1)C(c1cccs1)N1CCCC1. The van der Waals surface area contributed by atoms with Crippen molar-refractivity contribution in [1.82, 2.24) is 10.2 Å². The third-order valence-corrected chi connectivity index (χ3v) is 9.87. The number of hydrogen-bond acceptors (Lipinski definition) is 5. The van der Waals surface area contributed by atoms with E-state index in [9.17, 15) is 13.2 Å². The van der Waals surface area contributed by atoms with E-state index >= 15 is 0 Å². The number of hydrogen-bond donors (Lipinski definition) is 1. The van der Waals surface area contributed by atoms with Gasteiger partial charge in [0, 0.05) is 22.5 Å². The third-order valence-electron chi connectivity index (χ3n) is 7.00. The summed E-state index contributed by atoms with van der Waals surface area (Å²) in [6.45, 7) is 5.99. The van der Waals surface area contributed by atoms with Gasteiger partial charge in [-0.25, -0.2) is 8.42 Å². The van der Waals surface area contributed by atoms with Crippen LogP contribution in [0.4, 0.5) is 5.69 Å². The highest BCUT2D eigenvalue weighted by Crippen LogP contribution is 2.37. The topological polar surface area (TPSA) is 69.7 Å². The molecular formula is C27H31N3O3S2. The Kier molecular flexibility index (Phi) is 6.70. The fourth-order valence-corrected chi connectivity index (χ4v) is 8.11. The third kappa shape index (κ3) is 4.62. The fourth-order valence-electron chi connectivity index (χ4n) is 5.41. The van der Waals surface area contributed by atoms with Gasteiger partial charge in [-0.1, -0.05) is 30.3 Å². The molecule has 3 aromatic rings. The number of carbonyl (C=O) groups is 1. The first kappa shape index (κ1) is 24.0. The summed E-state index contributed by atoms with van der Waals surface area (Å²) in [5, 5.41) is 5.22. The summed E-state index contributed by atoms with van der Waals surface area (Å²) in [6, 6.07) is 18.0. The van der Waals surface area contributed by atoms with E-state index in [1.54, 1.807) is 29.5 Å². The van der Waals surface area contributed by atoms with Gasteiger partial charge in [-0.15, -0.1) is 11.3 Å². The molecule has 1 N–H and O–H groups in total. The number of nitrogens with zero attached hydrogens (tertiary/aromatic N) is 2. The van der Waals surface area contributed by atoms with E-state index in [1.807, 2.05) is 44.2 Å². The van der Waals surface area contributed by atoms with Crippen LogP contribution in [0.25, 0.3) is 0 Å². The molecule has 0 radical (unpaired) electrons. The minimum atomic E-state index is -3.80. The molecule has 1 amide bonds. The largest absolute Gasteiger partial charge is 0.348 e. The van der Waals surface area contributed by atoms with Gasteiger partial charge in [0.15, 0.2) is 0 Å². The van der Waals surface area contributed by atoms with Gasteiger partial charge in [0.1, 0.15) is 0 Å². The number of nitrogens with one attached hydrogen (secondary N) is 1. The van der Waals surface area contributed by atoms with Crippen molar-refractivity contribution in [1.29, 1.82) is 0 Å². The minimum absolute atomic E-state index is 0.107. The van der Waals surface area contributed by atoms with Crippen molar-refractivity contribution in [2.45, 2.75) is 56.1 Å². The Bertz CT molecular complexity index is 1300. The van der Waals surface area contributed by atoms with E-state index in [2.05, 4.69) is 21.7 Å². The average Bonchev–Trinajstić information content (AvgIpc) is 3.61. The predicted molar refractivity (Wildman–Crippen MR) is 141 cm³/mol. The van der Waals surface area contributed by atoms with Gasteiger partial charge in [-0.05, 0) is 87.5 Å². The summed E-state index contributed by atoms with van der Waals surface area (Å²) >= 11 is 1.71. The maximum absolute atomic E-state index is 13.6. The summed E-state index contributed by atoms with van der Waals surface area (Å²) in [5.41, 5.74) is 2.09. The van der Waals surface area contributed by atoms with E-state index in [0.29, 0.717) is 17.7 Å². The van der Waals surface area contributed by atoms with Crippen LogP contribution in [0.1, 0.15) is 53.5 Å². The summed E-state index contributed by atoms with van der Waals surface area (Å²) < 4.78 is 28.8. The van der Waals surface area contributed by atoms with Gasteiger partial charge in [0.25, 0.3) is 15.9 Å². The van der Waals surface area contributed by atoms with E-state index < -0.39 is 10.0 Å². The molecule has 6 nitrogen and oxygen atoms in total. The summed E-state index contributed by atoms with van der Waals surface area (Å²) in [4.78, 5) is 17.1. The first-order valence-corrected chi connectivity index (χ1v) is 14.5. The highest BCUT2D eigenvalue weighted by molar-refractivity contribution is 7.92. The Hall–Kier alpha value is -2.68. The van der Waals surface area contributed by atoms with Crippen LogP contribution < -0.4 is 9.62 Å². The van der Waals surface area contributed by atoms with Crippen LogP contribution in [-0.2, 0) is 16.4 Å². The zero-order valence-electron chi connectivity index (χ0n) is 20.1. The standard InChI is InChI=1S/C27H31N3O3S2/c1-19-17-21-9-3-4-12-24(21)30(19)35(32,33)23-11-7-10-22(18-23)27(31)28-20(2)26(25-13-8-16-34-25)29-14-5-6-15-29/h3-4,7-13,16,18-20,26H,5-6,14-15,17H2,1-2H3,(H,28,31). The number of fused-ring (bicyclic) bond motifs is 1. The van der Waals surface area contributed by atoms with Crippen LogP contribution >= 0.6 is 11.3 Å². The number of para-hydroxylation sites is 1. The van der Waals surface area contributed by atoms with Gasteiger partial charge in [-0.2, -0.15) is 0 Å². The van der Waals surface area contributed by atoms with Crippen molar-refractivity contribution in [3.8, 4) is 0 Å². The van der Waals surface area contributed by atoms with Crippen LogP contribution in [0, 0.1) is 0 Å². The molecule has 0 spiro atoms. The molecule has 0 aliphatic carbocycles. The second-order valence-corrected chi connectivity index (χ2v) is 12.3. The fraction of sp³-hybridized carbons (Fsp3) is 0.370. The molecular weight excluding hydrogens is 478 g/mol. The van der Waals surface area contributed by atoms with Gasteiger partial charge < -0.3 is 5.32 Å². The van der Waals surface area contributed by atoms with E-state index in [-0.39, 0.29) is 28.9 Å². The molecule has 0 bridgehead atoms. The molecule has 2 aromatic carbocycles. The normalized spacial score (nSPS) is 19.9. The van der Waals surface area contributed by atoms with Crippen LogP contribution in [0.3, 0.4) is 0 Å². The van der Waals surface area contributed by atoms with Gasteiger partial charge in [-0.3, -0.25) is 14.0 Å². The molecule has 1 fully saturated rings. The molecule has 5 rings (SSSR count). The lowest BCUT2D eigenvalue weighted by atomic mass is 10.1. The quantitative estimate of drug-likeness (QED) is 0.495. The summed E-state index contributed by atoms with van der Waals surface area (Å²) in [7, 11) is -3.80. The molecule has 3 unspecified atom stereocenters. The Morgan fingerprint density at radius 1 is 1.06 bits per heavy atom. The molecule has 0 saturated carbocycles. The second-order valence-electron chi connectivity index (χ2n) is 9.48. The Morgan fingerprint density at radius 2 is 1.83 bits per heavy atom. The predicted octanol–water partition coefficient (Wildman–Crippen LogP) is 4.84. The van der Waals surface area contributed by atoms with Crippen molar-refractivity contribution in [2.75, 3.05) is 17.4 Å². The van der Waals surface area contributed by atoms with Gasteiger partial charge in [0.05, 0.1) is 16.6 Å². The Morgan fingerprint density at radius 3 is 2.57 bits per heavy atom. The number of rotatable bonds is 7.